The van der Waals surface area contributed by atoms with Crippen LogP contribution in [0.4, 0.5) is 0 Å². The highest BCUT2D eigenvalue weighted by Crippen LogP contribution is 2.22. The summed E-state index contributed by atoms with van der Waals surface area (Å²) in [4.78, 5) is 30.7. The fourth-order valence-corrected chi connectivity index (χ4v) is 1.60. The van der Waals surface area contributed by atoms with Crippen molar-refractivity contribution in [3.63, 3.8) is 0 Å². The van der Waals surface area contributed by atoms with Crippen molar-refractivity contribution < 1.29 is 14.0 Å². The van der Waals surface area contributed by atoms with Crippen LogP contribution in [-0.2, 0) is 9.59 Å². The Kier molecular flexibility index (Phi) is 2.26. The highest BCUT2D eigenvalue weighted by molar-refractivity contribution is 6.32. The van der Waals surface area contributed by atoms with Crippen molar-refractivity contribution in [3.05, 3.63) is 42.6 Å². The first-order valence-electron chi connectivity index (χ1n) is 5.18. The summed E-state index contributed by atoms with van der Waals surface area (Å²) in [6.07, 6.45) is 4.19. The minimum Gasteiger partial charge on any atom is -0.444 e. The number of oxazole rings is 1. The van der Waals surface area contributed by atoms with Crippen LogP contribution in [0, 0.1) is 0 Å². The summed E-state index contributed by atoms with van der Waals surface area (Å²) in [6, 6.07) is 5.38. The lowest BCUT2D eigenvalue weighted by atomic mass is 10.2. The van der Waals surface area contributed by atoms with Crippen molar-refractivity contribution in [3.8, 4) is 11.4 Å². The lowest BCUT2D eigenvalue weighted by Gasteiger charge is -1.92. The van der Waals surface area contributed by atoms with Crippen molar-refractivity contribution in [1.29, 1.82) is 0 Å². The molecule has 1 N–H and O–H groups in total. The Balaban J connectivity index is 1.98. The summed E-state index contributed by atoms with van der Waals surface area (Å²) < 4.78 is 5.19. The van der Waals surface area contributed by atoms with Gasteiger partial charge < -0.3 is 4.42 Å². The summed E-state index contributed by atoms with van der Waals surface area (Å²) >= 11 is 0. The zero-order valence-corrected chi connectivity index (χ0v) is 9.08. The second-order valence-corrected chi connectivity index (χ2v) is 3.63. The van der Waals surface area contributed by atoms with Crippen LogP contribution in [0.1, 0.15) is 5.89 Å². The average molecular weight is 241 g/mol. The SMILES string of the molecule is O=C1C=C(c2nc(-c3ccccn3)co2)C(=O)N1. The molecule has 18 heavy (non-hydrogen) atoms. The number of carbonyl (C=O) groups is 2. The Labute approximate surface area is 101 Å². The molecular weight excluding hydrogens is 234 g/mol. The minimum atomic E-state index is -0.505. The van der Waals surface area contributed by atoms with E-state index in [0.29, 0.717) is 11.4 Å². The Morgan fingerprint density at radius 1 is 1.17 bits per heavy atom. The minimum absolute atomic E-state index is 0.110. The van der Waals surface area contributed by atoms with E-state index in [0.717, 1.165) is 6.08 Å². The summed E-state index contributed by atoms with van der Waals surface area (Å²) in [6.45, 7) is 0. The summed E-state index contributed by atoms with van der Waals surface area (Å²) in [5.41, 5.74) is 1.28. The predicted molar refractivity (Wildman–Crippen MR) is 60.9 cm³/mol. The zero-order chi connectivity index (χ0) is 12.5. The van der Waals surface area contributed by atoms with Crippen LogP contribution in [0.15, 0.2) is 41.2 Å². The maximum atomic E-state index is 11.4. The van der Waals surface area contributed by atoms with E-state index in [4.69, 9.17) is 4.42 Å². The third-order valence-electron chi connectivity index (χ3n) is 2.42. The second-order valence-electron chi connectivity index (χ2n) is 3.63. The number of pyridine rings is 1. The highest BCUT2D eigenvalue weighted by Gasteiger charge is 2.26. The van der Waals surface area contributed by atoms with Crippen molar-refractivity contribution in [2.45, 2.75) is 0 Å². The average Bonchev–Trinajstić information content (AvgIpc) is 2.97. The molecule has 6 heteroatoms. The van der Waals surface area contributed by atoms with E-state index in [1.54, 1.807) is 18.3 Å². The van der Waals surface area contributed by atoms with Gasteiger partial charge in [0.2, 0.25) is 5.89 Å². The van der Waals surface area contributed by atoms with E-state index in [-0.39, 0.29) is 11.5 Å². The summed E-state index contributed by atoms with van der Waals surface area (Å²) in [5, 5.41) is 2.13. The smallest absolute Gasteiger partial charge is 0.263 e. The van der Waals surface area contributed by atoms with Crippen molar-refractivity contribution in [2.75, 3.05) is 0 Å². The van der Waals surface area contributed by atoms with Gasteiger partial charge in [-0.3, -0.25) is 19.9 Å². The first-order chi connectivity index (χ1) is 8.74. The second kappa shape index (κ2) is 3.92. The normalized spacial score (nSPS) is 14.6. The Hall–Kier alpha value is -2.76. The van der Waals surface area contributed by atoms with Gasteiger partial charge in [-0.25, -0.2) is 4.98 Å². The number of hydrogen-bond acceptors (Lipinski definition) is 5. The lowest BCUT2D eigenvalue weighted by Crippen LogP contribution is -2.21. The van der Waals surface area contributed by atoms with Gasteiger partial charge in [0.1, 0.15) is 17.5 Å². The third kappa shape index (κ3) is 1.69. The molecule has 2 amide bonds. The number of carbonyl (C=O) groups excluding carboxylic acids is 2. The van der Waals surface area contributed by atoms with E-state index in [1.165, 1.54) is 6.26 Å². The van der Waals surface area contributed by atoms with Gasteiger partial charge in [0.05, 0.1) is 5.69 Å². The molecule has 0 saturated carbocycles. The molecule has 0 bridgehead atoms. The maximum absolute atomic E-state index is 11.4. The lowest BCUT2D eigenvalue weighted by molar-refractivity contribution is -0.123. The molecule has 6 nitrogen and oxygen atoms in total. The van der Waals surface area contributed by atoms with Gasteiger partial charge in [-0.15, -0.1) is 0 Å². The van der Waals surface area contributed by atoms with E-state index in [2.05, 4.69) is 15.3 Å². The number of aromatic nitrogens is 2. The van der Waals surface area contributed by atoms with E-state index in [9.17, 15) is 9.59 Å². The molecule has 0 aromatic carbocycles. The zero-order valence-electron chi connectivity index (χ0n) is 9.08. The molecule has 1 aliphatic heterocycles. The molecule has 0 spiro atoms. The van der Waals surface area contributed by atoms with E-state index >= 15 is 0 Å². The fourth-order valence-electron chi connectivity index (χ4n) is 1.60. The van der Waals surface area contributed by atoms with Gasteiger partial charge in [-0.1, -0.05) is 6.07 Å². The van der Waals surface area contributed by atoms with Crippen molar-refractivity contribution >= 4 is 17.4 Å². The molecule has 88 valence electrons. The summed E-state index contributed by atoms with van der Waals surface area (Å²) in [5.74, 6) is -0.860. The van der Waals surface area contributed by atoms with Crippen LogP contribution in [0.2, 0.25) is 0 Å². The Morgan fingerprint density at radius 3 is 2.72 bits per heavy atom. The fraction of sp³-hybridized carbons (Fsp3) is 0. The van der Waals surface area contributed by atoms with E-state index in [1.807, 2.05) is 6.07 Å². The molecule has 0 atom stereocenters. The number of hydrogen-bond donors (Lipinski definition) is 1. The van der Waals surface area contributed by atoms with Gasteiger partial charge in [0.15, 0.2) is 0 Å². The van der Waals surface area contributed by atoms with Gasteiger partial charge >= 0.3 is 0 Å². The number of nitrogens with zero attached hydrogens (tertiary/aromatic N) is 2. The van der Waals surface area contributed by atoms with Crippen LogP contribution in [0.25, 0.3) is 17.0 Å². The largest absolute Gasteiger partial charge is 0.444 e. The molecule has 0 radical (unpaired) electrons. The van der Waals surface area contributed by atoms with Crippen molar-refractivity contribution in [2.24, 2.45) is 0 Å². The Bertz CT molecular complexity index is 658. The predicted octanol–water partition coefficient (Wildman–Crippen LogP) is 0.776. The highest BCUT2D eigenvalue weighted by atomic mass is 16.3. The van der Waals surface area contributed by atoms with Crippen LogP contribution in [0.5, 0.6) is 0 Å². The quantitative estimate of drug-likeness (QED) is 0.785. The number of nitrogens with one attached hydrogen (secondary N) is 1. The van der Waals surface area contributed by atoms with E-state index < -0.39 is 11.8 Å². The molecule has 1 aliphatic rings. The van der Waals surface area contributed by atoms with Crippen LogP contribution >= 0.6 is 0 Å². The van der Waals surface area contributed by atoms with Crippen LogP contribution < -0.4 is 5.32 Å². The maximum Gasteiger partial charge on any atom is 0.263 e. The first-order valence-corrected chi connectivity index (χ1v) is 5.18. The van der Waals surface area contributed by atoms with Crippen LogP contribution in [-0.4, -0.2) is 21.8 Å². The third-order valence-corrected chi connectivity index (χ3v) is 2.42. The Morgan fingerprint density at radius 2 is 2.06 bits per heavy atom. The molecule has 2 aromatic rings. The molecule has 3 heterocycles. The molecule has 0 fully saturated rings. The molecule has 3 rings (SSSR count). The monoisotopic (exact) mass is 241 g/mol. The first kappa shape index (κ1) is 10.4. The topological polar surface area (TPSA) is 85.1 Å². The number of amides is 2. The van der Waals surface area contributed by atoms with Gasteiger partial charge in [0.25, 0.3) is 11.8 Å². The molecule has 2 aromatic heterocycles. The van der Waals surface area contributed by atoms with Gasteiger partial charge in [-0.2, -0.15) is 0 Å². The number of rotatable bonds is 2. The van der Waals surface area contributed by atoms with Crippen molar-refractivity contribution in [1.82, 2.24) is 15.3 Å². The van der Waals surface area contributed by atoms with Crippen LogP contribution in [0.3, 0.4) is 0 Å². The van der Waals surface area contributed by atoms with Gasteiger partial charge in [-0.05, 0) is 12.1 Å². The molecular formula is C12H7N3O3. The molecule has 0 saturated heterocycles. The number of imide groups is 1. The standard InChI is InChI=1S/C12H7N3O3/c16-10-5-7(11(17)15-10)12-14-9(6-18-12)8-3-1-2-4-13-8/h1-6H,(H,15,16,17). The molecule has 0 unspecified atom stereocenters. The summed E-state index contributed by atoms with van der Waals surface area (Å²) in [7, 11) is 0. The van der Waals surface area contributed by atoms with Gasteiger partial charge in [0, 0.05) is 12.3 Å². The molecule has 0 aliphatic carbocycles.